The average molecular weight is 261 g/mol. The highest BCUT2D eigenvalue weighted by Crippen LogP contribution is 2.29. The fourth-order valence-corrected chi connectivity index (χ4v) is 2.22. The van der Waals surface area contributed by atoms with Crippen LogP contribution in [0, 0.1) is 0 Å². The summed E-state index contributed by atoms with van der Waals surface area (Å²) in [6.07, 6.45) is 0.236. The molecule has 1 aliphatic rings. The summed E-state index contributed by atoms with van der Waals surface area (Å²) in [5.41, 5.74) is 0.790. The fourth-order valence-electron chi connectivity index (χ4n) is 2.22. The maximum Gasteiger partial charge on any atom is 0.244 e. The van der Waals surface area contributed by atoms with Crippen molar-refractivity contribution in [3.8, 4) is 17.1 Å². The number of para-hydroxylation sites is 1. The number of hydrogen-bond acceptors (Lipinski definition) is 6. The van der Waals surface area contributed by atoms with E-state index in [0.717, 1.165) is 5.56 Å². The van der Waals surface area contributed by atoms with Crippen LogP contribution >= 0.6 is 0 Å². The van der Waals surface area contributed by atoms with E-state index in [0.29, 0.717) is 30.4 Å². The number of aliphatic hydroxyl groups is 1. The highest BCUT2D eigenvalue weighted by atomic mass is 16.5. The number of nitrogens with zero attached hydrogens (tertiary/aromatic N) is 2. The van der Waals surface area contributed by atoms with E-state index in [9.17, 15) is 5.11 Å². The van der Waals surface area contributed by atoms with Crippen LogP contribution in [0.5, 0.6) is 5.75 Å². The maximum absolute atomic E-state index is 9.49. The second kappa shape index (κ2) is 4.99. The van der Waals surface area contributed by atoms with E-state index in [-0.39, 0.29) is 12.1 Å². The number of aliphatic hydroxyl groups excluding tert-OH is 1. The Bertz CT molecular complexity index is 570. The predicted octanol–water partition coefficient (Wildman–Crippen LogP) is 1.14. The van der Waals surface area contributed by atoms with Crippen molar-refractivity contribution in [2.24, 2.45) is 0 Å². The zero-order valence-corrected chi connectivity index (χ0v) is 10.5. The zero-order valence-electron chi connectivity index (χ0n) is 10.5. The Labute approximate surface area is 110 Å². The van der Waals surface area contributed by atoms with Crippen LogP contribution in [-0.2, 0) is 0 Å². The molecule has 2 aromatic rings. The molecule has 0 amide bonds. The van der Waals surface area contributed by atoms with Gasteiger partial charge in [0.1, 0.15) is 5.75 Å². The van der Waals surface area contributed by atoms with Gasteiger partial charge in [-0.1, -0.05) is 17.3 Å². The highest BCUT2D eigenvalue weighted by Gasteiger charge is 2.28. The van der Waals surface area contributed by atoms with Gasteiger partial charge in [-0.25, -0.2) is 0 Å². The van der Waals surface area contributed by atoms with Crippen molar-refractivity contribution in [2.45, 2.75) is 18.6 Å². The van der Waals surface area contributed by atoms with E-state index in [1.165, 1.54) is 0 Å². The Kier molecular flexibility index (Phi) is 3.18. The Balaban J connectivity index is 1.88. The summed E-state index contributed by atoms with van der Waals surface area (Å²) < 4.78 is 10.5. The van der Waals surface area contributed by atoms with E-state index >= 15 is 0 Å². The molecule has 0 radical (unpaired) electrons. The van der Waals surface area contributed by atoms with Gasteiger partial charge in [0.05, 0.1) is 24.8 Å². The summed E-state index contributed by atoms with van der Waals surface area (Å²) in [6, 6.07) is 7.43. The number of ether oxygens (including phenoxy) is 1. The van der Waals surface area contributed by atoms with Crippen molar-refractivity contribution in [2.75, 3.05) is 13.7 Å². The van der Waals surface area contributed by atoms with Crippen molar-refractivity contribution in [1.29, 1.82) is 0 Å². The standard InChI is InChI=1S/C13H15N3O3/c1-18-11-5-3-2-4-9(11)12-15-13(19-16-12)10-6-8(17)7-14-10/h2-5,8,10,14,17H,6-7H2,1H3/t8-,10+/m1/s1. The van der Waals surface area contributed by atoms with Crippen LogP contribution < -0.4 is 10.1 Å². The highest BCUT2D eigenvalue weighted by molar-refractivity contribution is 5.63. The topological polar surface area (TPSA) is 80.4 Å². The Morgan fingerprint density at radius 1 is 1.42 bits per heavy atom. The molecule has 1 aromatic heterocycles. The Hall–Kier alpha value is -1.92. The zero-order chi connectivity index (χ0) is 13.2. The normalized spacial score (nSPS) is 22.6. The Morgan fingerprint density at radius 3 is 3.00 bits per heavy atom. The molecule has 1 fully saturated rings. The van der Waals surface area contributed by atoms with Gasteiger partial charge in [-0.2, -0.15) is 4.98 Å². The largest absolute Gasteiger partial charge is 0.496 e. The van der Waals surface area contributed by atoms with Gasteiger partial charge in [-0.15, -0.1) is 0 Å². The number of rotatable bonds is 3. The number of nitrogens with one attached hydrogen (secondary N) is 1. The molecule has 0 bridgehead atoms. The van der Waals surface area contributed by atoms with Gasteiger partial charge in [0, 0.05) is 6.54 Å². The molecule has 1 aromatic carbocycles. The molecular weight excluding hydrogens is 246 g/mol. The molecule has 0 aliphatic carbocycles. The van der Waals surface area contributed by atoms with E-state index in [1.54, 1.807) is 7.11 Å². The average Bonchev–Trinajstić information content (AvgIpc) is 3.07. The molecule has 1 saturated heterocycles. The molecule has 2 atom stereocenters. The first kappa shape index (κ1) is 12.1. The lowest BCUT2D eigenvalue weighted by Crippen LogP contribution is -2.15. The monoisotopic (exact) mass is 261 g/mol. The first-order chi connectivity index (χ1) is 9.28. The summed E-state index contributed by atoms with van der Waals surface area (Å²) >= 11 is 0. The van der Waals surface area contributed by atoms with Gasteiger partial charge in [0.2, 0.25) is 11.7 Å². The van der Waals surface area contributed by atoms with E-state index in [2.05, 4.69) is 15.5 Å². The van der Waals surface area contributed by atoms with E-state index in [1.807, 2.05) is 24.3 Å². The number of β-amino-alcohol motifs (C(OH)–C–C–N with tert-alkyl or cyclic N) is 1. The Morgan fingerprint density at radius 2 is 2.26 bits per heavy atom. The van der Waals surface area contributed by atoms with Crippen LogP contribution in [0.15, 0.2) is 28.8 Å². The van der Waals surface area contributed by atoms with Gasteiger partial charge in [0.15, 0.2) is 0 Å². The second-order valence-corrected chi connectivity index (χ2v) is 4.51. The third kappa shape index (κ3) is 2.32. The molecule has 3 rings (SSSR count). The molecule has 1 aliphatic heterocycles. The molecule has 0 unspecified atom stereocenters. The van der Waals surface area contributed by atoms with E-state index < -0.39 is 0 Å². The third-order valence-corrected chi connectivity index (χ3v) is 3.20. The van der Waals surface area contributed by atoms with Crippen molar-refractivity contribution in [3.05, 3.63) is 30.2 Å². The molecule has 100 valence electrons. The van der Waals surface area contributed by atoms with E-state index in [4.69, 9.17) is 9.26 Å². The third-order valence-electron chi connectivity index (χ3n) is 3.20. The van der Waals surface area contributed by atoms with Crippen LogP contribution in [0.4, 0.5) is 0 Å². The first-order valence-corrected chi connectivity index (χ1v) is 6.16. The number of benzene rings is 1. The summed E-state index contributed by atoms with van der Waals surface area (Å²) in [7, 11) is 1.61. The first-order valence-electron chi connectivity index (χ1n) is 6.16. The lowest BCUT2D eigenvalue weighted by molar-refractivity contribution is 0.191. The van der Waals surface area contributed by atoms with Crippen LogP contribution in [0.25, 0.3) is 11.4 Å². The quantitative estimate of drug-likeness (QED) is 0.862. The van der Waals surface area contributed by atoms with Gasteiger partial charge < -0.3 is 19.7 Å². The van der Waals surface area contributed by atoms with Crippen LogP contribution in [-0.4, -0.2) is 35.0 Å². The van der Waals surface area contributed by atoms with Crippen molar-refractivity contribution >= 4 is 0 Å². The molecule has 2 heterocycles. The molecule has 2 N–H and O–H groups in total. The minimum atomic E-state index is -0.355. The number of hydrogen-bond donors (Lipinski definition) is 2. The lowest BCUT2D eigenvalue weighted by Gasteiger charge is -2.03. The van der Waals surface area contributed by atoms with Crippen molar-refractivity contribution in [3.63, 3.8) is 0 Å². The van der Waals surface area contributed by atoms with Crippen LogP contribution in [0.3, 0.4) is 0 Å². The fraction of sp³-hybridized carbons (Fsp3) is 0.385. The number of aromatic nitrogens is 2. The van der Waals surface area contributed by atoms with Crippen LogP contribution in [0.2, 0.25) is 0 Å². The maximum atomic E-state index is 9.49. The molecular formula is C13H15N3O3. The van der Waals surface area contributed by atoms with Gasteiger partial charge in [-0.05, 0) is 18.6 Å². The minimum absolute atomic E-state index is 0.0778. The number of methoxy groups -OCH3 is 1. The predicted molar refractivity (Wildman–Crippen MR) is 67.7 cm³/mol. The van der Waals surface area contributed by atoms with Crippen molar-refractivity contribution < 1.29 is 14.4 Å². The van der Waals surface area contributed by atoms with Crippen molar-refractivity contribution in [1.82, 2.24) is 15.5 Å². The molecule has 6 heteroatoms. The van der Waals surface area contributed by atoms with Crippen LogP contribution in [0.1, 0.15) is 18.4 Å². The minimum Gasteiger partial charge on any atom is -0.496 e. The summed E-state index contributed by atoms with van der Waals surface area (Å²) in [5, 5.41) is 16.6. The van der Waals surface area contributed by atoms with Gasteiger partial charge in [-0.3, -0.25) is 0 Å². The SMILES string of the molecule is COc1ccccc1-c1noc([C@@H]2C[C@@H](O)CN2)n1. The molecule has 0 spiro atoms. The lowest BCUT2D eigenvalue weighted by atomic mass is 10.2. The molecule has 6 nitrogen and oxygen atoms in total. The van der Waals surface area contributed by atoms with Gasteiger partial charge in [0.25, 0.3) is 0 Å². The molecule has 19 heavy (non-hydrogen) atoms. The smallest absolute Gasteiger partial charge is 0.244 e. The summed E-state index contributed by atoms with van der Waals surface area (Å²) in [6.45, 7) is 0.553. The summed E-state index contributed by atoms with van der Waals surface area (Å²) in [5.74, 6) is 1.70. The second-order valence-electron chi connectivity index (χ2n) is 4.51. The summed E-state index contributed by atoms with van der Waals surface area (Å²) in [4.78, 5) is 4.37. The molecule has 0 saturated carbocycles. The van der Waals surface area contributed by atoms with Gasteiger partial charge >= 0.3 is 0 Å².